The molecule has 0 bridgehead atoms. The number of rotatable bonds is 12. The van der Waals surface area contributed by atoms with Gasteiger partial charge in [0.1, 0.15) is 0 Å². The number of hydroxylamine groups is 3. The molecule has 0 spiro atoms. The minimum Gasteiger partial charge on any atom is -0.220 e. The lowest BCUT2D eigenvalue weighted by molar-refractivity contribution is -0.363. The molecule has 3 N–H and O–H groups in total. The molecule has 0 saturated carbocycles. The van der Waals surface area contributed by atoms with Gasteiger partial charge in [-0.05, 0) is 0 Å². The molecule has 0 atom stereocenters. The lowest BCUT2D eigenvalue weighted by atomic mass is 10.7. The molecule has 0 rings (SSSR count). The second-order valence-corrected chi connectivity index (χ2v) is 3.84. The number of nitrogens with one attached hydrogen (secondary N) is 3. The fourth-order valence-corrected chi connectivity index (χ4v) is 0.973. The Hall–Kier alpha value is -1.45. The van der Waals surface area contributed by atoms with Gasteiger partial charge in [0.2, 0.25) is 0 Å². The number of terminal acetylenes is 3. The second kappa shape index (κ2) is 12.6. The van der Waals surface area contributed by atoms with E-state index in [0.717, 1.165) is 0 Å². The van der Waals surface area contributed by atoms with Crippen molar-refractivity contribution in [3.05, 3.63) is 0 Å². The van der Waals surface area contributed by atoms with E-state index >= 15 is 0 Å². The van der Waals surface area contributed by atoms with Crippen LogP contribution in [0.3, 0.4) is 0 Å². The number of hydrogen-bond acceptors (Lipinski definition) is 10. The summed E-state index contributed by atoms with van der Waals surface area (Å²) in [6.45, 7) is -0.106. The molecule has 0 aliphatic heterocycles. The summed E-state index contributed by atoms with van der Waals surface area (Å²) in [6.07, 6.45) is 14.8. The third kappa shape index (κ3) is 10.5. The highest BCUT2D eigenvalue weighted by Crippen LogP contribution is 2.49. The molecule has 0 aliphatic rings. The fraction of sp³-hybridized carbons (Fsp3) is 0.333. The predicted octanol–water partition coefficient (Wildman–Crippen LogP) is -0.647. The summed E-state index contributed by atoms with van der Waals surface area (Å²) in [7, 11) is -4.40. The lowest BCUT2D eigenvalue weighted by Crippen LogP contribution is -2.20. The summed E-state index contributed by atoms with van der Waals surface area (Å²) >= 11 is 0. The van der Waals surface area contributed by atoms with Crippen LogP contribution >= 0.6 is 7.82 Å². The Labute approximate surface area is 115 Å². The van der Waals surface area contributed by atoms with Crippen molar-refractivity contribution in [2.75, 3.05) is 19.6 Å². The van der Waals surface area contributed by atoms with Crippen molar-refractivity contribution in [2.45, 2.75) is 0 Å². The zero-order valence-electron chi connectivity index (χ0n) is 10.2. The van der Waals surface area contributed by atoms with Gasteiger partial charge in [0, 0.05) is 0 Å². The van der Waals surface area contributed by atoms with Gasteiger partial charge < -0.3 is 0 Å². The van der Waals surface area contributed by atoms with E-state index in [1.54, 1.807) is 0 Å². The topological polar surface area (TPSA) is 109 Å². The smallest absolute Gasteiger partial charge is 0.220 e. The van der Waals surface area contributed by atoms with E-state index in [1.807, 2.05) is 0 Å². The standard InChI is InChI=1S/C9H12N3O7P/c1-4-7-10-14-17-20(13,18-15-11-8-5-2)19-16-12-9-6-3/h1-3,10-12H,7-9H2. The molecule has 0 saturated heterocycles. The summed E-state index contributed by atoms with van der Waals surface area (Å²) in [5.41, 5.74) is 6.26. The molecule has 0 aromatic carbocycles. The maximum Gasteiger partial charge on any atom is 0.561 e. The zero-order valence-corrected chi connectivity index (χ0v) is 11.1. The first-order valence-electron chi connectivity index (χ1n) is 4.83. The summed E-state index contributed by atoms with van der Waals surface area (Å²) in [6, 6.07) is 0. The van der Waals surface area contributed by atoms with Crippen molar-refractivity contribution in [2.24, 2.45) is 0 Å². The Morgan fingerprint density at radius 3 is 1.30 bits per heavy atom. The van der Waals surface area contributed by atoms with Gasteiger partial charge in [0.05, 0.1) is 19.6 Å². The van der Waals surface area contributed by atoms with E-state index in [9.17, 15) is 4.57 Å². The molecule has 0 unspecified atom stereocenters. The number of hydrogen-bond donors (Lipinski definition) is 3. The maximum absolute atomic E-state index is 11.8. The highest BCUT2D eigenvalue weighted by atomic mass is 31.2. The number of phosphoric acid groups is 1. The minimum absolute atomic E-state index is 0.0353. The van der Waals surface area contributed by atoms with Crippen LogP contribution < -0.4 is 16.4 Å². The van der Waals surface area contributed by atoms with Crippen LogP contribution in [0.5, 0.6) is 0 Å². The molecule has 20 heavy (non-hydrogen) atoms. The zero-order chi connectivity index (χ0) is 15.1. The van der Waals surface area contributed by atoms with Crippen LogP contribution in [0.1, 0.15) is 0 Å². The summed E-state index contributed by atoms with van der Waals surface area (Å²) < 4.78 is 24.6. The van der Waals surface area contributed by atoms with Crippen LogP contribution in [0.2, 0.25) is 0 Å². The van der Waals surface area contributed by atoms with Gasteiger partial charge >= 0.3 is 7.82 Å². The van der Waals surface area contributed by atoms with Gasteiger partial charge in [-0.25, -0.2) is 4.57 Å². The van der Waals surface area contributed by atoms with Crippen molar-refractivity contribution < 1.29 is 33.6 Å². The summed E-state index contributed by atoms with van der Waals surface area (Å²) in [5, 5.41) is 0. The molecule has 10 nitrogen and oxygen atoms in total. The van der Waals surface area contributed by atoms with Gasteiger partial charge in [-0.3, -0.25) is 0 Å². The Bertz CT molecular complexity index is 363. The molecule has 0 heterocycles. The Kier molecular flexibility index (Phi) is 11.7. The van der Waals surface area contributed by atoms with Crippen LogP contribution in [0.4, 0.5) is 0 Å². The van der Waals surface area contributed by atoms with E-state index in [2.05, 4.69) is 63.2 Å². The van der Waals surface area contributed by atoms with E-state index < -0.39 is 7.82 Å². The van der Waals surface area contributed by atoms with Crippen molar-refractivity contribution in [3.63, 3.8) is 0 Å². The third-order valence-electron chi connectivity index (χ3n) is 1.09. The Morgan fingerprint density at radius 1 is 0.750 bits per heavy atom. The molecule has 0 aromatic rings. The first kappa shape index (κ1) is 18.6. The highest BCUT2D eigenvalue weighted by Gasteiger charge is 2.33. The lowest BCUT2D eigenvalue weighted by Gasteiger charge is -2.13. The van der Waals surface area contributed by atoms with E-state index in [4.69, 9.17) is 19.3 Å². The van der Waals surface area contributed by atoms with E-state index in [-0.39, 0.29) is 19.6 Å². The van der Waals surface area contributed by atoms with Gasteiger partial charge in [-0.1, -0.05) is 17.8 Å². The Balaban J connectivity index is 4.14. The maximum atomic E-state index is 11.8. The molecule has 110 valence electrons. The van der Waals surface area contributed by atoms with Crippen LogP contribution in [-0.4, -0.2) is 19.6 Å². The molecule has 0 fully saturated rings. The van der Waals surface area contributed by atoms with Gasteiger partial charge in [-0.2, -0.15) is 16.4 Å². The normalized spacial score (nSPS) is 10.4. The van der Waals surface area contributed by atoms with Crippen molar-refractivity contribution in [3.8, 4) is 37.0 Å². The summed E-state index contributed by atoms with van der Waals surface area (Å²) in [4.78, 5) is 12.8. The van der Waals surface area contributed by atoms with Crippen LogP contribution in [-0.2, 0) is 33.6 Å². The second-order valence-electron chi connectivity index (χ2n) is 2.50. The largest absolute Gasteiger partial charge is 0.561 e. The van der Waals surface area contributed by atoms with Crippen LogP contribution in [0.25, 0.3) is 0 Å². The van der Waals surface area contributed by atoms with Gasteiger partial charge in [-0.15, -0.1) is 48.3 Å². The SMILES string of the molecule is C#CCNOOP(=O)(OONCC#C)OONCC#C. The fourth-order valence-electron chi connectivity index (χ4n) is 0.467. The molecule has 11 heteroatoms. The molecular weight excluding hydrogens is 293 g/mol. The molecule has 0 aromatic heterocycles. The van der Waals surface area contributed by atoms with Crippen LogP contribution in [0.15, 0.2) is 0 Å². The first-order chi connectivity index (χ1) is 9.68. The third-order valence-corrected chi connectivity index (χ3v) is 1.86. The summed E-state index contributed by atoms with van der Waals surface area (Å²) in [5.74, 6) is 6.46. The minimum atomic E-state index is -4.40. The predicted molar refractivity (Wildman–Crippen MR) is 64.6 cm³/mol. The van der Waals surface area contributed by atoms with Gasteiger partial charge in [0.25, 0.3) is 0 Å². The van der Waals surface area contributed by atoms with Crippen molar-refractivity contribution >= 4 is 7.82 Å². The highest BCUT2D eigenvalue weighted by molar-refractivity contribution is 7.48. The van der Waals surface area contributed by atoms with E-state index in [0.29, 0.717) is 0 Å². The van der Waals surface area contributed by atoms with Crippen molar-refractivity contribution in [1.29, 1.82) is 0 Å². The van der Waals surface area contributed by atoms with Crippen LogP contribution in [0, 0.1) is 37.0 Å². The van der Waals surface area contributed by atoms with E-state index in [1.165, 1.54) is 0 Å². The molecule has 0 amide bonds. The quantitative estimate of drug-likeness (QED) is 0.141. The van der Waals surface area contributed by atoms with Crippen molar-refractivity contribution in [1.82, 2.24) is 16.4 Å². The monoisotopic (exact) mass is 305 g/mol. The Morgan fingerprint density at radius 2 is 1.05 bits per heavy atom. The average Bonchev–Trinajstić information content (AvgIpc) is 2.45. The van der Waals surface area contributed by atoms with Gasteiger partial charge in [0.15, 0.2) is 0 Å². The first-order valence-corrected chi connectivity index (χ1v) is 6.29. The molecule has 0 aliphatic carbocycles. The molecular formula is C9H12N3O7P. The molecule has 0 radical (unpaired) electrons. The average molecular weight is 305 g/mol.